The average molecular weight is 258 g/mol. The van der Waals surface area contributed by atoms with Crippen molar-refractivity contribution in [2.45, 2.75) is 13.0 Å². The predicted octanol–water partition coefficient (Wildman–Crippen LogP) is 0.966. The molecule has 0 spiro atoms. The zero-order chi connectivity index (χ0) is 13.7. The van der Waals surface area contributed by atoms with Gasteiger partial charge in [-0.2, -0.15) is 0 Å². The van der Waals surface area contributed by atoms with E-state index in [1.165, 1.54) is 13.0 Å². The van der Waals surface area contributed by atoms with Crippen molar-refractivity contribution in [3.8, 4) is 0 Å². The van der Waals surface area contributed by atoms with Gasteiger partial charge in [0.15, 0.2) is 0 Å². The third kappa shape index (κ3) is 3.77. The van der Waals surface area contributed by atoms with Crippen LogP contribution < -0.4 is 10.6 Å². The summed E-state index contributed by atoms with van der Waals surface area (Å²) >= 11 is 0. The third-order valence-electron chi connectivity index (χ3n) is 2.17. The minimum absolute atomic E-state index is 0.360. The maximum Gasteiger partial charge on any atom is 0.320 e. The number of aliphatic carboxylic acids is 1. The second-order valence-electron chi connectivity index (χ2n) is 3.59. The molecule has 0 saturated heterocycles. The monoisotopic (exact) mass is 258 g/mol. The Labute approximate surface area is 102 Å². The number of hydrogen-bond donors (Lipinski definition) is 3. The maximum absolute atomic E-state index is 13.2. The van der Waals surface area contributed by atoms with E-state index in [2.05, 4.69) is 5.32 Å². The van der Waals surface area contributed by atoms with Crippen molar-refractivity contribution in [2.24, 2.45) is 0 Å². The molecule has 1 amide bonds. The van der Waals surface area contributed by atoms with E-state index in [1.807, 2.05) is 5.32 Å². The SMILES string of the molecule is C[C@@H](NCC(=O)Nc1c(F)cccc1F)C(=O)O. The molecule has 0 aliphatic rings. The van der Waals surface area contributed by atoms with Crippen molar-refractivity contribution in [1.82, 2.24) is 5.32 Å². The van der Waals surface area contributed by atoms with Gasteiger partial charge in [-0.1, -0.05) is 6.07 Å². The lowest BCUT2D eigenvalue weighted by atomic mass is 10.3. The smallest absolute Gasteiger partial charge is 0.320 e. The fourth-order valence-electron chi connectivity index (χ4n) is 1.13. The first-order valence-corrected chi connectivity index (χ1v) is 5.12. The lowest BCUT2D eigenvalue weighted by Gasteiger charge is -2.10. The second kappa shape index (κ2) is 6.06. The molecule has 0 unspecified atom stereocenters. The van der Waals surface area contributed by atoms with Crippen LogP contribution in [0.2, 0.25) is 0 Å². The Morgan fingerprint density at radius 3 is 2.39 bits per heavy atom. The van der Waals surface area contributed by atoms with Crippen LogP contribution >= 0.6 is 0 Å². The van der Waals surface area contributed by atoms with Gasteiger partial charge in [0.2, 0.25) is 5.91 Å². The van der Waals surface area contributed by atoms with E-state index in [-0.39, 0.29) is 6.54 Å². The molecule has 7 heteroatoms. The number of amides is 1. The number of carboxylic acid groups (broad SMARTS) is 1. The molecule has 3 N–H and O–H groups in total. The summed E-state index contributed by atoms with van der Waals surface area (Å²) in [4.78, 5) is 21.8. The van der Waals surface area contributed by atoms with E-state index in [4.69, 9.17) is 5.11 Å². The molecule has 98 valence electrons. The van der Waals surface area contributed by atoms with Gasteiger partial charge < -0.3 is 10.4 Å². The Hall–Kier alpha value is -2.02. The second-order valence-corrected chi connectivity index (χ2v) is 3.59. The Balaban J connectivity index is 2.58. The molecule has 1 atom stereocenters. The third-order valence-corrected chi connectivity index (χ3v) is 2.17. The fourth-order valence-corrected chi connectivity index (χ4v) is 1.13. The van der Waals surface area contributed by atoms with Crippen molar-refractivity contribution < 1.29 is 23.5 Å². The number of benzene rings is 1. The molecule has 0 saturated carbocycles. The number of carbonyl (C=O) groups excluding carboxylic acids is 1. The molecule has 0 fully saturated rings. The van der Waals surface area contributed by atoms with E-state index < -0.39 is 35.2 Å². The van der Waals surface area contributed by atoms with Crippen LogP contribution in [0.3, 0.4) is 0 Å². The highest BCUT2D eigenvalue weighted by Gasteiger charge is 2.14. The molecular formula is C11H12F2N2O3. The van der Waals surface area contributed by atoms with E-state index >= 15 is 0 Å². The molecule has 0 heterocycles. The zero-order valence-corrected chi connectivity index (χ0v) is 9.54. The lowest BCUT2D eigenvalue weighted by Crippen LogP contribution is -2.39. The van der Waals surface area contributed by atoms with Crippen LogP contribution in [-0.4, -0.2) is 29.6 Å². The van der Waals surface area contributed by atoms with Gasteiger partial charge in [-0.15, -0.1) is 0 Å². The van der Waals surface area contributed by atoms with E-state index in [0.29, 0.717) is 0 Å². The normalized spacial score (nSPS) is 11.9. The molecule has 1 rings (SSSR count). The van der Waals surface area contributed by atoms with Crippen LogP contribution in [0.25, 0.3) is 0 Å². The van der Waals surface area contributed by atoms with Gasteiger partial charge >= 0.3 is 5.97 Å². The van der Waals surface area contributed by atoms with E-state index in [0.717, 1.165) is 12.1 Å². The average Bonchev–Trinajstić information content (AvgIpc) is 2.30. The molecule has 0 radical (unpaired) electrons. The molecule has 0 aliphatic heterocycles. The number of carboxylic acids is 1. The highest BCUT2D eigenvalue weighted by atomic mass is 19.1. The lowest BCUT2D eigenvalue weighted by molar-refractivity contribution is -0.139. The highest BCUT2D eigenvalue weighted by molar-refractivity contribution is 5.92. The standard InChI is InChI=1S/C11H12F2N2O3/c1-6(11(17)18)14-5-9(16)15-10-7(12)3-2-4-8(10)13/h2-4,6,14H,5H2,1H3,(H,15,16)(H,17,18)/t6-/m1/s1. The zero-order valence-electron chi connectivity index (χ0n) is 9.54. The van der Waals surface area contributed by atoms with E-state index in [9.17, 15) is 18.4 Å². The van der Waals surface area contributed by atoms with Crippen LogP contribution in [0.4, 0.5) is 14.5 Å². The van der Waals surface area contributed by atoms with Gasteiger partial charge in [0.05, 0.1) is 6.54 Å². The summed E-state index contributed by atoms with van der Waals surface area (Å²) in [6.07, 6.45) is 0. The number of hydrogen-bond acceptors (Lipinski definition) is 3. The molecule has 18 heavy (non-hydrogen) atoms. The Kier molecular flexibility index (Phi) is 4.73. The summed E-state index contributed by atoms with van der Waals surface area (Å²) in [5, 5.41) is 13.0. The highest BCUT2D eigenvalue weighted by Crippen LogP contribution is 2.17. The predicted molar refractivity (Wildman–Crippen MR) is 60.1 cm³/mol. The van der Waals surface area contributed by atoms with Crippen LogP contribution in [0.5, 0.6) is 0 Å². The summed E-state index contributed by atoms with van der Waals surface area (Å²) in [6.45, 7) is 0.987. The number of carbonyl (C=O) groups is 2. The van der Waals surface area contributed by atoms with Crippen molar-refractivity contribution in [3.63, 3.8) is 0 Å². The minimum atomic E-state index is -1.13. The number of rotatable bonds is 5. The van der Waals surface area contributed by atoms with Crippen molar-refractivity contribution in [1.29, 1.82) is 0 Å². The molecule has 0 aromatic heterocycles. The first-order valence-electron chi connectivity index (χ1n) is 5.12. The Morgan fingerprint density at radius 1 is 1.33 bits per heavy atom. The quantitative estimate of drug-likeness (QED) is 0.735. The Morgan fingerprint density at radius 2 is 1.89 bits per heavy atom. The fraction of sp³-hybridized carbons (Fsp3) is 0.273. The molecular weight excluding hydrogens is 246 g/mol. The summed E-state index contributed by atoms with van der Waals surface area (Å²) in [7, 11) is 0. The summed E-state index contributed by atoms with van der Waals surface area (Å²) in [5.41, 5.74) is -0.549. The summed E-state index contributed by atoms with van der Waals surface area (Å²) < 4.78 is 26.3. The van der Waals surface area contributed by atoms with Gasteiger partial charge in [-0.3, -0.25) is 14.9 Å². The van der Waals surface area contributed by atoms with Gasteiger partial charge in [-0.05, 0) is 19.1 Å². The van der Waals surface area contributed by atoms with Crippen molar-refractivity contribution in [3.05, 3.63) is 29.8 Å². The van der Waals surface area contributed by atoms with Crippen LogP contribution in [0, 0.1) is 11.6 Å². The summed E-state index contributed by atoms with van der Waals surface area (Å²) in [5.74, 6) is -3.64. The molecule has 1 aromatic carbocycles. The van der Waals surface area contributed by atoms with Gasteiger partial charge in [-0.25, -0.2) is 8.78 Å². The first-order chi connectivity index (χ1) is 8.41. The van der Waals surface area contributed by atoms with Gasteiger partial charge in [0, 0.05) is 0 Å². The van der Waals surface area contributed by atoms with Crippen LogP contribution in [0.1, 0.15) is 6.92 Å². The number of para-hydroxylation sites is 1. The molecule has 1 aromatic rings. The maximum atomic E-state index is 13.2. The topological polar surface area (TPSA) is 78.4 Å². The number of nitrogens with one attached hydrogen (secondary N) is 2. The Bertz CT molecular complexity index is 445. The number of halogens is 2. The summed E-state index contributed by atoms with van der Waals surface area (Å²) in [6, 6.07) is 2.25. The first kappa shape index (κ1) is 14.0. The van der Waals surface area contributed by atoms with Gasteiger partial charge in [0.25, 0.3) is 0 Å². The van der Waals surface area contributed by atoms with Crippen LogP contribution in [0.15, 0.2) is 18.2 Å². The number of anilines is 1. The molecule has 0 aliphatic carbocycles. The minimum Gasteiger partial charge on any atom is -0.480 e. The van der Waals surface area contributed by atoms with Crippen LogP contribution in [-0.2, 0) is 9.59 Å². The molecule has 5 nitrogen and oxygen atoms in total. The van der Waals surface area contributed by atoms with Crippen molar-refractivity contribution >= 4 is 17.6 Å². The van der Waals surface area contributed by atoms with E-state index in [1.54, 1.807) is 0 Å². The largest absolute Gasteiger partial charge is 0.480 e. The van der Waals surface area contributed by atoms with Gasteiger partial charge in [0.1, 0.15) is 23.4 Å². The molecule has 0 bridgehead atoms. The van der Waals surface area contributed by atoms with Crippen molar-refractivity contribution in [2.75, 3.05) is 11.9 Å².